The minimum atomic E-state index is -0.0393. The number of hydrogen-bond donors (Lipinski definition) is 2. The lowest BCUT2D eigenvalue weighted by Gasteiger charge is -2.15. The number of rotatable bonds is 5. The molecule has 0 saturated carbocycles. The maximum absolute atomic E-state index is 11.7. The first-order valence-corrected chi connectivity index (χ1v) is 7.43. The zero-order chi connectivity index (χ0) is 15.9. The maximum Gasteiger partial charge on any atom is 0.224 e. The van der Waals surface area contributed by atoms with Crippen LogP contribution in [-0.2, 0) is 9.59 Å². The summed E-state index contributed by atoms with van der Waals surface area (Å²) in [6.45, 7) is 3.63. The highest BCUT2D eigenvalue weighted by Gasteiger charge is 2.11. The first-order valence-electron chi connectivity index (χ1n) is 7.43. The van der Waals surface area contributed by atoms with E-state index < -0.39 is 0 Å². The molecule has 0 aliphatic rings. The van der Waals surface area contributed by atoms with Crippen LogP contribution in [0.2, 0.25) is 0 Å². The third-order valence-electron chi connectivity index (χ3n) is 3.33. The largest absolute Gasteiger partial charge is 0.326 e. The minimum Gasteiger partial charge on any atom is -0.326 e. The molecule has 0 atom stereocenters. The average Bonchev–Trinajstić information content (AvgIpc) is 2.55. The molecule has 0 unspecified atom stereocenters. The van der Waals surface area contributed by atoms with E-state index in [-0.39, 0.29) is 11.8 Å². The summed E-state index contributed by atoms with van der Waals surface area (Å²) in [6, 6.07) is 15.2. The normalized spacial score (nSPS) is 10.1. The number of hydrogen-bond acceptors (Lipinski definition) is 2. The quantitative estimate of drug-likeness (QED) is 0.874. The molecule has 4 heteroatoms. The molecule has 114 valence electrons. The average molecular weight is 296 g/mol. The van der Waals surface area contributed by atoms with Crippen LogP contribution in [0.5, 0.6) is 0 Å². The van der Waals surface area contributed by atoms with Crippen LogP contribution in [0.3, 0.4) is 0 Å². The maximum atomic E-state index is 11.7. The fourth-order valence-corrected chi connectivity index (χ4v) is 2.13. The monoisotopic (exact) mass is 296 g/mol. The fraction of sp³-hybridized carbons (Fsp3) is 0.222. The van der Waals surface area contributed by atoms with Crippen LogP contribution in [0.1, 0.15) is 26.7 Å². The Morgan fingerprint density at radius 3 is 1.45 bits per heavy atom. The van der Waals surface area contributed by atoms with Crippen LogP contribution in [0.4, 0.5) is 11.4 Å². The highest BCUT2D eigenvalue weighted by Crippen LogP contribution is 2.33. The minimum absolute atomic E-state index is 0.0393. The molecule has 2 aromatic rings. The smallest absolute Gasteiger partial charge is 0.224 e. The van der Waals surface area contributed by atoms with E-state index in [1.807, 2.05) is 62.4 Å². The lowest BCUT2D eigenvalue weighted by Crippen LogP contribution is -2.12. The molecule has 0 fully saturated rings. The van der Waals surface area contributed by atoms with E-state index in [4.69, 9.17) is 0 Å². The lowest BCUT2D eigenvalue weighted by molar-refractivity contribution is -0.116. The highest BCUT2D eigenvalue weighted by atomic mass is 16.2. The summed E-state index contributed by atoms with van der Waals surface area (Å²) >= 11 is 0. The third-order valence-corrected chi connectivity index (χ3v) is 3.33. The van der Waals surface area contributed by atoms with Crippen LogP contribution in [0.15, 0.2) is 48.5 Å². The Kier molecular flexibility index (Phi) is 5.31. The van der Waals surface area contributed by atoms with E-state index in [1.54, 1.807) is 0 Å². The van der Waals surface area contributed by atoms with Crippen molar-refractivity contribution in [2.75, 3.05) is 10.6 Å². The molecule has 0 aromatic heterocycles. The molecular weight excluding hydrogens is 276 g/mol. The molecule has 2 aromatic carbocycles. The summed E-state index contributed by atoms with van der Waals surface area (Å²) < 4.78 is 0. The van der Waals surface area contributed by atoms with Gasteiger partial charge in [0.1, 0.15) is 0 Å². The van der Waals surface area contributed by atoms with E-state index in [0.717, 1.165) is 22.5 Å². The van der Waals surface area contributed by atoms with Gasteiger partial charge in [0, 0.05) is 35.3 Å². The van der Waals surface area contributed by atoms with Gasteiger partial charge in [0.05, 0.1) is 0 Å². The second kappa shape index (κ2) is 7.41. The molecule has 2 amide bonds. The third kappa shape index (κ3) is 3.73. The van der Waals surface area contributed by atoms with Gasteiger partial charge in [-0.2, -0.15) is 0 Å². The van der Waals surface area contributed by atoms with Gasteiger partial charge in [-0.1, -0.05) is 50.2 Å². The molecular formula is C18H20N2O2. The van der Waals surface area contributed by atoms with Crippen molar-refractivity contribution in [2.45, 2.75) is 26.7 Å². The van der Waals surface area contributed by atoms with E-state index in [9.17, 15) is 9.59 Å². The van der Waals surface area contributed by atoms with Crippen molar-refractivity contribution in [3.05, 3.63) is 48.5 Å². The SMILES string of the molecule is CCC(=O)Nc1ccccc1-c1ccccc1NC(=O)CC. The van der Waals surface area contributed by atoms with Gasteiger partial charge in [-0.05, 0) is 12.1 Å². The Balaban J connectivity index is 2.44. The molecule has 4 nitrogen and oxygen atoms in total. The molecule has 0 spiro atoms. The Hall–Kier alpha value is -2.62. The van der Waals surface area contributed by atoms with Crippen LogP contribution in [-0.4, -0.2) is 11.8 Å². The number of carbonyl (C=O) groups is 2. The van der Waals surface area contributed by atoms with Crippen molar-refractivity contribution in [2.24, 2.45) is 0 Å². The van der Waals surface area contributed by atoms with Crippen molar-refractivity contribution >= 4 is 23.2 Å². The fourth-order valence-electron chi connectivity index (χ4n) is 2.13. The Morgan fingerprint density at radius 2 is 1.09 bits per heavy atom. The number of amides is 2. The van der Waals surface area contributed by atoms with Crippen molar-refractivity contribution in [1.29, 1.82) is 0 Å². The molecule has 2 N–H and O–H groups in total. The topological polar surface area (TPSA) is 58.2 Å². The second-order valence-corrected chi connectivity index (χ2v) is 4.89. The highest BCUT2D eigenvalue weighted by molar-refractivity contribution is 6.00. The van der Waals surface area contributed by atoms with E-state index in [2.05, 4.69) is 10.6 Å². The predicted octanol–water partition coefficient (Wildman–Crippen LogP) is 4.05. The summed E-state index contributed by atoms with van der Waals surface area (Å²) in [7, 11) is 0. The van der Waals surface area contributed by atoms with Gasteiger partial charge in [-0.3, -0.25) is 9.59 Å². The van der Waals surface area contributed by atoms with Crippen molar-refractivity contribution < 1.29 is 9.59 Å². The Labute approximate surface area is 130 Å². The first-order chi connectivity index (χ1) is 10.7. The molecule has 0 aliphatic carbocycles. The molecule has 0 radical (unpaired) electrons. The van der Waals surface area contributed by atoms with Crippen molar-refractivity contribution in [3.8, 4) is 11.1 Å². The van der Waals surface area contributed by atoms with Crippen molar-refractivity contribution in [1.82, 2.24) is 0 Å². The summed E-state index contributed by atoms with van der Waals surface area (Å²) in [6.07, 6.45) is 0.838. The summed E-state index contributed by atoms with van der Waals surface area (Å²) in [4.78, 5) is 23.4. The summed E-state index contributed by atoms with van der Waals surface area (Å²) in [5.41, 5.74) is 3.26. The Bertz CT molecular complexity index is 621. The van der Waals surface area contributed by atoms with Gasteiger partial charge in [-0.25, -0.2) is 0 Å². The van der Waals surface area contributed by atoms with Gasteiger partial charge in [0.25, 0.3) is 0 Å². The zero-order valence-electron chi connectivity index (χ0n) is 12.8. The van der Waals surface area contributed by atoms with Gasteiger partial charge in [0.2, 0.25) is 11.8 Å². The molecule has 2 rings (SSSR count). The van der Waals surface area contributed by atoms with Crippen LogP contribution in [0, 0.1) is 0 Å². The van der Waals surface area contributed by atoms with Gasteiger partial charge in [-0.15, -0.1) is 0 Å². The van der Waals surface area contributed by atoms with E-state index >= 15 is 0 Å². The molecule has 0 bridgehead atoms. The van der Waals surface area contributed by atoms with E-state index in [0.29, 0.717) is 12.8 Å². The molecule has 0 aliphatic heterocycles. The number of nitrogens with one attached hydrogen (secondary N) is 2. The summed E-state index contributed by atoms with van der Waals surface area (Å²) in [5.74, 6) is -0.0787. The number of para-hydroxylation sites is 2. The summed E-state index contributed by atoms with van der Waals surface area (Å²) in [5, 5.41) is 5.80. The predicted molar refractivity (Wildman–Crippen MR) is 89.7 cm³/mol. The zero-order valence-corrected chi connectivity index (χ0v) is 12.8. The first kappa shape index (κ1) is 15.8. The molecule has 0 heterocycles. The van der Waals surface area contributed by atoms with Crippen molar-refractivity contribution in [3.63, 3.8) is 0 Å². The number of benzene rings is 2. The standard InChI is InChI=1S/C18H20N2O2/c1-3-17(21)19-15-11-7-5-9-13(15)14-10-6-8-12-16(14)20-18(22)4-2/h5-12H,3-4H2,1-2H3,(H,19,21)(H,20,22). The van der Waals surface area contributed by atoms with Gasteiger partial charge < -0.3 is 10.6 Å². The van der Waals surface area contributed by atoms with Gasteiger partial charge in [0.15, 0.2) is 0 Å². The van der Waals surface area contributed by atoms with Crippen LogP contribution >= 0.6 is 0 Å². The van der Waals surface area contributed by atoms with Crippen LogP contribution < -0.4 is 10.6 Å². The van der Waals surface area contributed by atoms with Gasteiger partial charge >= 0.3 is 0 Å². The second-order valence-electron chi connectivity index (χ2n) is 4.89. The van der Waals surface area contributed by atoms with E-state index in [1.165, 1.54) is 0 Å². The molecule has 0 saturated heterocycles. The number of anilines is 2. The number of carbonyl (C=O) groups excluding carboxylic acids is 2. The molecule has 22 heavy (non-hydrogen) atoms. The van der Waals surface area contributed by atoms with Crippen LogP contribution in [0.25, 0.3) is 11.1 Å². The lowest BCUT2D eigenvalue weighted by atomic mass is 10.0. The Morgan fingerprint density at radius 1 is 0.727 bits per heavy atom.